The highest BCUT2D eigenvalue weighted by molar-refractivity contribution is 7.92. The zero-order valence-corrected chi connectivity index (χ0v) is 17.2. The van der Waals surface area contributed by atoms with E-state index in [1.807, 2.05) is 10.8 Å². The van der Waals surface area contributed by atoms with Gasteiger partial charge in [-0.25, -0.2) is 13.4 Å². The molecule has 1 N–H and O–H groups in total. The van der Waals surface area contributed by atoms with Crippen molar-refractivity contribution in [3.8, 4) is 0 Å². The van der Waals surface area contributed by atoms with Crippen LogP contribution < -0.4 is 9.62 Å². The van der Waals surface area contributed by atoms with Gasteiger partial charge in [0, 0.05) is 30.5 Å². The quantitative estimate of drug-likeness (QED) is 0.527. The summed E-state index contributed by atoms with van der Waals surface area (Å²) in [6.07, 6.45) is 5.94. The molecule has 0 radical (unpaired) electrons. The second-order valence-corrected chi connectivity index (χ2v) is 8.61. The molecule has 0 bridgehead atoms. The number of sulfonamides is 1. The van der Waals surface area contributed by atoms with Crippen molar-refractivity contribution in [1.29, 1.82) is 0 Å². The Hall–Kier alpha value is -2.84. The SMILES string of the molecule is O=C(CN(c1cccc(Cl)c1)S(=O)(=O)c1ccccc1)NCCCn1ccnc1. The summed E-state index contributed by atoms with van der Waals surface area (Å²) in [5.41, 5.74) is 0.329. The van der Waals surface area contributed by atoms with Crippen LogP contribution in [0.5, 0.6) is 0 Å². The minimum atomic E-state index is -3.93. The predicted octanol–water partition coefficient (Wildman–Crippen LogP) is 2.94. The fraction of sp³-hybridized carbons (Fsp3) is 0.200. The Bertz CT molecular complexity index is 1040. The lowest BCUT2D eigenvalue weighted by Gasteiger charge is -2.24. The summed E-state index contributed by atoms with van der Waals surface area (Å²) in [5, 5.41) is 3.16. The number of benzene rings is 2. The zero-order chi connectivity index (χ0) is 20.7. The van der Waals surface area contributed by atoms with Crippen LogP contribution in [0, 0.1) is 0 Å². The topological polar surface area (TPSA) is 84.3 Å². The number of carbonyl (C=O) groups is 1. The van der Waals surface area contributed by atoms with Crippen LogP contribution >= 0.6 is 11.6 Å². The van der Waals surface area contributed by atoms with E-state index in [4.69, 9.17) is 11.6 Å². The lowest BCUT2D eigenvalue weighted by atomic mass is 10.3. The molecule has 2 aromatic carbocycles. The number of halogens is 1. The average Bonchev–Trinajstić information content (AvgIpc) is 3.23. The number of imidazole rings is 1. The molecule has 0 fully saturated rings. The van der Waals surface area contributed by atoms with Crippen molar-refractivity contribution in [1.82, 2.24) is 14.9 Å². The Morgan fingerprint density at radius 2 is 1.93 bits per heavy atom. The number of hydrogen-bond acceptors (Lipinski definition) is 4. The van der Waals surface area contributed by atoms with E-state index in [2.05, 4.69) is 10.3 Å². The first-order valence-electron chi connectivity index (χ1n) is 9.02. The minimum Gasteiger partial charge on any atom is -0.354 e. The third-order valence-corrected chi connectivity index (χ3v) is 6.21. The van der Waals surface area contributed by atoms with Gasteiger partial charge in [0.1, 0.15) is 6.54 Å². The van der Waals surface area contributed by atoms with E-state index < -0.39 is 15.9 Å². The van der Waals surface area contributed by atoms with Gasteiger partial charge < -0.3 is 9.88 Å². The van der Waals surface area contributed by atoms with Gasteiger partial charge in [0.25, 0.3) is 10.0 Å². The maximum absolute atomic E-state index is 13.2. The fourth-order valence-corrected chi connectivity index (χ4v) is 4.38. The Kier molecular flexibility index (Phi) is 6.90. The van der Waals surface area contributed by atoms with E-state index >= 15 is 0 Å². The molecule has 0 aliphatic rings. The molecule has 7 nitrogen and oxygen atoms in total. The molecule has 0 saturated heterocycles. The maximum Gasteiger partial charge on any atom is 0.264 e. The van der Waals surface area contributed by atoms with Crippen LogP contribution in [0.15, 0.2) is 78.2 Å². The van der Waals surface area contributed by atoms with Gasteiger partial charge in [0.05, 0.1) is 16.9 Å². The predicted molar refractivity (Wildman–Crippen MR) is 112 cm³/mol. The Labute approximate surface area is 175 Å². The summed E-state index contributed by atoms with van der Waals surface area (Å²) in [5.74, 6) is -0.393. The van der Waals surface area contributed by atoms with Crippen LogP contribution in [0.2, 0.25) is 5.02 Å². The summed E-state index contributed by atoms with van der Waals surface area (Å²) in [6, 6.07) is 14.4. The first-order chi connectivity index (χ1) is 14.0. The number of nitrogens with one attached hydrogen (secondary N) is 1. The molecule has 1 heterocycles. The molecular weight excluding hydrogens is 412 g/mol. The molecule has 3 rings (SSSR count). The Morgan fingerprint density at radius 1 is 1.14 bits per heavy atom. The fourth-order valence-electron chi connectivity index (χ4n) is 2.76. The molecule has 9 heteroatoms. The van der Waals surface area contributed by atoms with Crippen molar-refractivity contribution in [2.75, 3.05) is 17.4 Å². The summed E-state index contributed by atoms with van der Waals surface area (Å²) in [7, 11) is -3.93. The van der Waals surface area contributed by atoms with Gasteiger partial charge in [-0.2, -0.15) is 0 Å². The first-order valence-corrected chi connectivity index (χ1v) is 10.8. The van der Waals surface area contributed by atoms with Crippen molar-refractivity contribution in [3.05, 3.63) is 78.3 Å². The van der Waals surface area contributed by atoms with Crippen LogP contribution in [-0.4, -0.2) is 37.0 Å². The molecule has 0 atom stereocenters. The number of rotatable bonds is 9. The largest absolute Gasteiger partial charge is 0.354 e. The molecule has 0 aliphatic carbocycles. The van der Waals surface area contributed by atoms with Gasteiger partial charge in [-0.1, -0.05) is 35.9 Å². The van der Waals surface area contributed by atoms with Crippen molar-refractivity contribution < 1.29 is 13.2 Å². The van der Waals surface area contributed by atoms with Crippen molar-refractivity contribution in [2.45, 2.75) is 17.9 Å². The Balaban J connectivity index is 1.72. The highest BCUT2D eigenvalue weighted by atomic mass is 35.5. The molecule has 0 saturated carbocycles. The average molecular weight is 433 g/mol. The minimum absolute atomic E-state index is 0.105. The lowest BCUT2D eigenvalue weighted by molar-refractivity contribution is -0.119. The second kappa shape index (κ2) is 9.58. The summed E-state index contributed by atoms with van der Waals surface area (Å²) in [6.45, 7) is 0.787. The smallest absolute Gasteiger partial charge is 0.264 e. The van der Waals surface area contributed by atoms with E-state index in [-0.39, 0.29) is 11.4 Å². The van der Waals surface area contributed by atoms with Gasteiger partial charge in [-0.3, -0.25) is 9.10 Å². The molecule has 0 aliphatic heterocycles. The van der Waals surface area contributed by atoms with Gasteiger partial charge in [0.15, 0.2) is 0 Å². The van der Waals surface area contributed by atoms with Crippen LogP contribution in [0.3, 0.4) is 0 Å². The van der Waals surface area contributed by atoms with Crippen LogP contribution in [0.25, 0.3) is 0 Å². The van der Waals surface area contributed by atoms with Gasteiger partial charge in [-0.15, -0.1) is 0 Å². The lowest BCUT2D eigenvalue weighted by Crippen LogP contribution is -2.41. The van der Waals surface area contributed by atoms with Gasteiger partial charge in [-0.05, 0) is 36.8 Å². The van der Waals surface area contributed by atoms with Crippen molar-refractivity contribution in [2.24, 2.45) is 0 Å². The number of anilines is 1. The number of aromatic nitrogens is 2. The number of aryl methyl sites for hydroxylation is 1. The summed E-state index contributed by atoms with van der Waals surface area (Å²) in [4.78, 5) is 16.5. The highest BCUT2D eigenvalue weighted by Crippen LogP contribution is 2.25. The van der Waals surface area contributed by atoms with Crippen molar-refractivity contribution in [3.63, 3.8) is 0 Å². The van der Waals surface area contributed by atoms with E-state index in [0.717, 1.165) is 4.31 Å². The summed E-state index contributed by atoms with van der Waals surface area (Å²) >= 11 is 6.04. The standard InChI is InChI=1S/C20H21ClN4O3S/c21-17-6-4-7-18(14-17)25(29(27,28)19-8-2-1-3-9-19)15-20(26)23-10-5-12-24-13-11-22-16-24/h1-4,6-9,11,13-14,16H,5,10,12,15H2,(H,23,26). The van der Waals surface area contributed by atoms with Gasteiger partial charge >= 0.3 is 0 Å². The molecular formula is C20H21ClN4O3S. The molecule has 1 aromatic heterocycles. The molecule has 29 heavy (non-hydrogen) atoms. The molecule has 0 spiro atoms. The monoisotopic (exact) mass is 432 g/mol. The van der Waals surface area contributed by atoms with E-state index in [0.29, 0.717) is 30.2 Å². The van der Waals surface area contributed by atoms with E-state index in [1.54, 1.807) is 48.9 Å². The number of carbonyl (C=O) groups excluding carboxylic acids is 1. The highest BCUT2D eigenvalue weighted by Gasteiger charge is 2.27. The van der Waals surface area contributed by atoms with Crippen molar-refractivity contribution >= 4 is 33.2 Å². The number of amides is 1. The Morgan fingerprint density at radius 3 is 2.62 bits per heavy atom. The zero-order valence-electron chi connectivity index (χ0n) is 15.6. The third kappa shape index (κ3) is 5.58. The normalized spacial score (nSPS) is 11.2. The van der Waals surface area contributed by atoms with E-state index in [1.165, 1.54) is 18.2 Å². The third-order valence-electron chi connectivity index (χ3n) is 4.19. The molecule has 3 aromatic rings. The van der Waals surface area contributed by atoms with Crippen LogP contribution in [0.1, 0.15) is 6.42 Å². The maximum atomic E-state index is 13.2. The van der Waals surface area contributed by atoms with Crippen LogP contribution in [0.4, 0.5) is 5.69 Å². The van der Waals surface area contributed by atoms with Crippen LogP contribution in [-0.2, 0) is 21.4 Å². The molecule has 0 unspecified atom stereocenters. The van der Waals surface area contributed by atoms with E-state index in [9.17, 15) is 13.2 Å². The second-order valence-electron chi connectivity index (χ2n) is 6.31. The summed E-state index contributed by atoms with van der Waals surface area (Å²) < 4.78 is 29.3. The molecule has 152 valence electrons. The first kappa shape index (κ1) is 20.9. The number of hydrogen-bond donors (Lipinski definition) is 1. The number of nitrogens with zero attached hydrogens (tertiary/aromatic N) is 3. The molecule has 1 amide bonds. The van der Waals surface area contributed by atoms with Gasteiger partial charge in [0.2, 0.25) is 5.91 Å².